The maximum atomic E-state index is 12.8. The Labute approximate surface area is 170 Å². The minimum atomic E-state index is -1.09. The van der Waals surface area contributed by atoms with Gasteiger partial charge >= 0.3 is 5.97 Å². The number of nitrogens with two attached hydrogens (primary N) is 1. The number of benzene rings is 1. The maximum Gasteiger partial charge on any atom is 0.326 e. The average molecular weight is 410 g/mol. The van der Waals surface area contributed by atoms with Gasteiger partial charge in [0, 0.05) is 6.42 Å². The molecule has 0 saturated carbocycles. The molecule has 156 valence electrons. The lowest BCUT2D eigenvalue weighted by atomic mass is 10.0. The Morgan fingerprint density at radius 1 is 1.07 bits per heavy atom. The molecule has 0 fully saturated rings. The highest BCUT2D eigenvalue weighted by atomic mass is 32.2. The molecule has 1 aromatic rings. The standard InChI is InChI=1S/C20H31N3O4S/c1-13(2)11-15(21)18(24)23-17(12-14-7-5-4-6-8-14)19(25)22-16(20(26)27)9-10-28-3/h4-8,13,15-17H,9-12,21H2,1-3H3,(H,22,25)(H,23,24)(H,26,27). The third kappa shape index (κ3) is 8.75. The van der Waals surface area contributed by atoms with Crippen molar-refractivity contribution in [3.05, 3.63) is 35.9 Å². The Morgan fingerprint density at radius 3 is 2.21 bits per heavy atom. The van der Waals surface area contributed by atoms with Crippen LogP contribution in [0, 0.1) is 5.92 Å². The number of aliphatic carboxylic acids is 1. The lowest BCUT2D eigenvalue weighted by Gasteiger charge is -2.23. The van der Waals surface area contributed by atoms with E-state index >= 15 is 0 Å². The molecule has 0 aliphatic heterocycles. The summed E-state index contributed by atoms with van der Waals surface area (Å²) < 4.78 is 0. The highest BCUT2D eigenvalue weighted by molar-refractivity contribution is 7.98. The summed E-state index contributed by atoms with van der Waals surface area (Å²) in [4.78, 5) is 36.7. The lowest BCUT2D eigenvalue weighted by molar-refractivity contribution is -0.142. The van der Waals surface area contributed by atoms with Gasteiger partial charge in [-0.1, -0.05) is 44.2 Å². The first-order valence-electron chi connectivity index (χ1n) is 9.36. The first kappa shape index (κ1) is 24.0. The van der Waals surface area contributed by atoms with Crippen LogP contribution in [0.25, 0.3) is 0 Å². The summed E-state index contributed by atoms with van der Waals surface area (Å²) >= 11 is 1.50. The second kappa shape index (κ2) is 12.4. The topological polar surface area (TPSA) is 122 Å². The molecular weight excluding hydrogens is 378 g/mol. The summed E-state index contributed by atoms with van der Waals surface area (Å²) in [5.74, 6) is -1.19. The molecule has 1 rings (SSSR count). The van der Waals surface area contributed by atoms with Crippen LogP contribution in [0.1, 0.15) is 32.3 Å². The van der Waals surface area contributed by atoms with Gasteiger partial charge in [-0.3, -0.25) is 9.59 Å². The van der Waals surface area contributed by atoms with Crippen LogP contribution >= 0.6 is 11.8 Å². The van der Waals surface area contributed by atoms with E-state index in [1.54, 1.807) is 0 Å². The fraction of sp³-hybridized carbons (Fsp3) is 0.550. The molecule has 7 nitrogen and oxygen atoms in total. The summed E-state index contributed by atoms with van der Waals surface area (Å²) in [5, 5.41) is 14.6. The van der Waals surface area contributed by atoms with E-state index in [4.69, 9.17) is 5.73 Å². The van der Waals surface area contributed by atoms with Crippen LogP contribution in [0.15, 0.2) is 30.3 Å². The number of rotatable bonds is 12. The van der Waals surface area contributed by atoms with E-state index in [1.165, 1.54) is 11.8 Å². The van der Waals surface area contributed by atoms with Crippen molar-refractivity contribution < 1.29 is 19.5 Å². The number of amides is 2. The monoisotopic (exact) mass is 409 g/mol. The van der Waals surface area contributed by atoms with Crippen LogP contribution in [-0.2, 0) is 20.8 Å². The van der Waals surface area contributed by atoms with Gasteiger partial charge in [-0.15, -0.1) is 0 Å². The van der Waals surface area contributed by atoms with Crippen LogP contribution in [0.3, 0.4) is 0 Å². The molecule has 0 saturated heterocycles. The Bertz CT molecular complexity index is 640. The van der Waals surface area contributed by atoms with Crippen LogP contribution in [-0.4, -0.2) is 53.0 Å². The van der Waals surface area contributed by atoms with Crippen LogP contribution in [0.2, 0.25) is 0 Å². The number of carbonyl (C=O) groups is 3. The van der Waals surface area contributed by atoms with Crippen molar-refractivity contribution in [1.29, 1.82) is 0 Å². The fourth-order valence-corrected chi connectivity index (χ4v) is 3.19. The van der Waals surface area contributed by atoms with E-state index in [0.29, 0.717) is 18.6 Å². The first-order valence-corrected chi connectivity index (χ1v) is 10.8. The van der Waals surface area contributed by atoms with Gasteiger partial charge < -0.3 is 21.5 Å². The largest absolute Gasteiger partial charge is 0.480 e. The minimum absolute atomic E-state index is 0.241. The molecule has 0 bridgehead atoms. The molecule has 28 heavy (non-hydrogen) atoms. The molecule has 3 atom stereocenters. The minimum Gasteiger partial charge on any atom is -0.480 e. The summed E-state index contributed by atoms with van der Waals surface area (Å²) in [6, 6.07) is 6.62. The molecule has 0 spiro atoms. The summed E-state index contributed by atoms with van der Waals surface area (Å²) in [6.45, 7) is 3.93. The molecule has 3 unspecified atom stereocenters. The second-order valence-electron chi connectivity index (χ2n) is 7.17. The highest BCUT2D eigenvalue weighted by Gasteiger charge is 2.28. The number of carboxylic acid groups (broad SMARTS) is 1. The van der Waals surface area contributed by atoms with Gasteiger partial charge in [-0.25, -0.2) is 4.79 Å². The van der Waals surface area contributed by atoms with Crippen molar-refractivity contribution in [3.8, 4) is 0 Å². The number of hydrogen-bond donors (Lipinski definition) is 4. The molecule has 0 aliphatic carbocycles. The van der Waals surface area contributed by atoms with E-state index in [9.17, 15) is 19.5 Å². The predicted octanol–water partition coefficient (Wildman–Crippen LogP) is 1.41. The molecule has 8 heteroatoms. The number of nitrogens with one attached hydrogen (secondary N) is 2. The number of carboxylic acids is 1. The number of hydrogen-bond acceptors (Lipinski definition) is 5. The van der Waals surface area contributed by atoms with Crippen molar-refractivity contribution in [1.82, 2.24) is 10.6 Å². The van der Waals surface area contributed by atoms with Crippen molar-refractivity contribution in [2.75, 3.05) is 12.0 Å². The van der Waals surface area contributed by atoms with Crippen molar-refractivity contribution in [3.63, 3.8) is 0 Å². The van der Waals surface area contributed by atoms with Crippen molar-refractivity contribution in [2.45, 2.75) is 51.2 Å². The smallest absolute Gasteiger partial charge is 0.326 e. The van der Waals surface area contributed by atoms with Crippen molar-refractivity contribution in [2.24, 2.45) is 11.7 Å². The summed E-state index contributed by atoms with van der Waals surface area (Å²) in [5.41, 5.74) is 6.79. The normalized spacial score (nSPS) is 14.2. The zero-order chi connectivity index (χ0) is 21.1. The van der Waals surface area contributed by atoms with E-state index in [-0.39, 0.29) is 12.3 Å². The highest BCUT2D eigenvalue weighted by Crippen LogP contribution is 2.08. The summed E-state index contributed by atoms with van der Waals surface area (Å²) in [7, 11) is 0. The average Bonchev–Trinajstić information content (AvgIpc) is 2.64. The Morgan fingerprint density at radius 2 is 1.68 bits per heavy atom. The molecule has 5 N–H and O–H groups in total. The van der Waals surface area contributed by atoms with Gasteiger partial charge in [-0.05, 0) is 36.3 Å². The molecular formula is C20H31N3O4S. The molecule has 0 aromatic heterocycles. The van der Waals surface area contributed by atoms with Gasteiger partial charge in [-0.2, -0.15) is 11.8 Å². The predicted molar refractivity (Wildman–Crippen MR) is 112 cm³/mol. The van der Waals surface area contributed by atoms with Gasteiger partial charge in [0.1, 0.15) is 12.1 Å². The molecule has 0 radical (unpaired) electrons. The Kier molecular flexibility index (Phi) is 10.6. The molecule has 1 aromatic carbocycles. The number of carbonyl (C=O) groups excluding carboxylic acids is 2. The van der Waals surface area contributed by atoms with Crippen LogP contribution in [0.5, 0.6) is 0 Å². The Balaban J connectivity index is 2.90. The van der Waals surface area contributed by atoms with Gasteiger partial charge in [0.05, 0.1) is 6.04 Å². The van der Waals surface area contributed by atoms with Gasteiger partial charge in [0.25, 0.3) is 0 Å². The molecule has 2 amide bonds. The second-order valence-corrected chi connectivity index (χ2v) is 8.15. The van der Waals surface area contributed by atoms with E-state index in [1.807, 2.05) is 50.4 Å². The quantitative estimate of drug-likeness (QED) is 0.414. The van der Waals surface area contributed by atoms with E-state index in [0.717, 1.165) is 5.56 Å². The molecule has 0 heterocycles. The third-order valence-electron chi connectivity index (χ3n) is 4.20. The van der Waals surface area contributed by atoms with Crippen LogP contribution in [0.4, 0.5) is 0 Å². The zero-order valence-corrected chi connectivity index (χ0v) is 17.5. The zero-order valence-electron chi connectivity index (χ0n) is 16.7. The van der Waals surface area contributed by atoms with E-state index in [2.05, 4.69) is 10.6 Å². The fourth-order valence-electron chi connectivity index (χ4n) is 2.72. The van der Waals surface area contributed by atoms with E-state index < -0.39 is 35.9 Å². The van der Waals surface area contributed by atoms with Crippen LogP contribution < -0.4 is 16.4 Å². The third-order valence-corrected chi connectivity index (χ3v) is 4.85. The molecule has 0 aliphatic rings. The first-order chi connectivity index (χ1) is 13.2. The van der Waals surface area contributed by atoms with Gasteiger partial charge in [0.15, 0.2) is 0 Å². The maximum absolute atomic E-state index is 12.8. The van der Waals surface area contributed by atoms with Crippen molar-refractivity contribution >= 4 is 29.5 Å². The number of thioether (sulfide) groups is 1. The lowest BCUT2D eigenvalue weighted by Crippen LogP contribution is -2.55. The summed E-state index contributed by atoms with van der Waals surface area (Å²) in [6.07, 6.45) is 2.93. The SMILES string of the molecule is CSCCC(NC(=O)C(Cc1ccccc1)NC(=O)C(N)CC(C)C)C(=O)O. The Hall–Kier alpha value is -2.06. The van der Waals surface area contributed by atoms with Gasteiger partial charge in [0.2, 0.25) is 11.8 Å².